The Morgan fingerprint density at radius 1 is 1.38 bits per heavy atom. The first kappa shape index (κ1) is 11.5. The molecule has 0 radical (unpaired) electrons. The van der Waals surface area contributed by atoms with E-state index in [-0.39, 0.29) is 0 Å². The number of rotatable bonds is 4. The highest BCUT2D eigenvalue weighted by molar-refractivity contribution is 5.44. The van der Waals surface area contributed by atoms with Crippen LogP contribution in [0.4, 0.5) is 0 Å². The maximum absolute atomic E-state index is 5.84. The van der Waals surface area contributed by atoms with E-state index in [1.807, 2.05) is 0 Å². The predicted octanol–water partition coefficient (Wildman–Crippen LogP) is 3.07. The molecule has 0 amide bonds. The summed E-state index contributed by atoms with van der Waals surface area (Å²) in [6.07, 6.45) is 3.41. The van der Waals surface area contributed by atoms with Gasteiger partial charge in [0.15, 0.2) is 0 Å². The van der Waals surface area contributed by atoms with Crippen molar-refractivity contribution < 1.29 is 4.74 Å². The van der Waals surface area contributed by atoms with Gasteiger partial charge in [-0.05, 0) is 31.4 Å². The van der Waals surface area contributed by atoms with Crippen molar-refractivity contribution in [3.63, 3.8) is 0 Å². The molecule has 1 heterocycles. The summed E-state index contributed by atoms with van der Waals surface area (Å²) in [6, 6.07) is 6.97. The molecule has 0 saturated carbocycles. The molecule has 0 bridgehead atoms. The fraction of sp³-hybridized carbons (Fsp3) is 0.571. The molecule has 2 heteroatoms. The van der Waals surface area contributed by atoms with Gasteiger partial charge in [0.2, 0.25) is 0 Å². The number of hydrogen-bond acceptors (Lipinski definition) is 2. The van der Waals surface area contributed by atoms with E-state index in [2.05, 4.69) is 37.4 Å². The number of para-hydroxylation sites is 1. The molecule has 1 atom stereocenters. The van der Waals surface area contributed by atoms with E-state index in [0.717, 1.165) is 38.2 Å². The molecule has 1 aliphatic rings. The average Bonchev–Trinajstić information content (AvgIpc) is 2.35. The van der Waals surface area contributed by atoms with E-state index in [9.17, 15) is 0 Å². The molecular formula is C14H21NO. The first-order valence-electron chi connectivity index (χ1n) is 6.34. The summed E-state index contributed by atoms with van der Waals surface area (Å²) in [7, 11) is 0. The van der Waals surface area contributed by atoms with Crippen LogP contribution in [-0.4, -0.2) is 13.2 Å². The van der Waals surface area contributed by atoms with Gasteiger partial charge in [0.25, 0.3) is 0 Å². The zero-order valence-corrected chi connectivity index (χ0v) is 10.3. The largest absolute Gasteiger partial charge is 0.493 e. The maximum Gasteiger partial charge on any atom is 0.127 e. The summed E-state index contributed by atoms with van der Waals surface area (Å²) in [4.78, 5) is 0. The van der Waals surface area contributed by atoms with Crippen LogP contribution in [0.2, 0.25) is 0 Å². The summed E-state index contributed by atoms with van der Waals surface area (Å²) in [5.41, 5.74) is 2.71. The molecule has 2 nitrogen and oxygen atoms in total. The quantitative estimate of drug-likeness (QED) is 0.840. The topological polar surface area (TPSA) is 21.3 Å². The van der Waals surface area contributed by atoms with E-state index >= 15 is 0 Å². The monoisotopic (exact) mass is 219 g/mol. The lowest BCUT2D eigenvalue weighted by Crippen LogP contribution is -2.22. The third-order valence-corrected chi connectivity index (χ3v) is 3.20. The molecule has 1 aromatic rings. The van der Waals surface area contributed by atoms with E-state index in [1.165, 1.54) is 11.1 Å². The standard InChI is InChI=1S/C14H21NO/c1-3-13(15-4-2)12-9-5-7-11-8-6-10-16-14(11)12/h5,7,9,13,15H,3-4,6,8,10H2,1-2H3. The van der Waals surface area contributed by atoms with Gasteiger partial charge in [-0.25, -0.2) is 0 Å². The van der Waals surface area contributed by atoms with Gasteiger partial charge in [-0.2, -0.15) is 0 Å². The highest BCUT2D eigenvalue weighted by atomic mass is 16.5. The van der Waals surface area contributed by atoms with Crippen LogP contribution < -0.4 is 10.1 Å². The van der Waals surface area contributed by atoms with E-state index in [0.29, 0.717) is 6.04 Å². The van der Waals surface area contributed by atoms with Crippen LogP contribution in [0.15, 0.2) is 18.2 Å². The summed E-state index contributed by atoms with van der Waals surface area (Å²) < 4.78 is 5.84. The zero-order chi connectivity index (χ0) is 11.4. The average molecular weight is 219 g/mol. The van der Waals surface area contributed by atoms with Crippen LogP contribution in [-0.2, 0) is 6.42 Å². The Labute approximate surface area is 98.0 Å². The van der Waals surface area contributed by atoms with Crippen molar-refractivity contribution in [3.8, 4) is 5.75 Å². The van der Waals surface area contributed by atoms with Gasteiger partial charge in [0.05, 0.1) is 6.61 Å². The lowest BCUT2D eigenvalue weighted by Gasteiger charge is -2.25. The van der Waals surface area contributed by atoms with Crippen molar-refractivity contribution in [2.75, 3.05) is 13.2 Å². The first-order chi connectivity index (χ1) is 7.86. The van der Waals surface area contributed by atoms with E-state index in [1.54, 1.807) is 0 Å². The van der Waals surface area contributed by atoms with Crippen LogP contribution >= 0.6 is 0 Å². The molecule has 1 unspecified atom stereocenters. The Hall–Kier alpha value is -1.02. The van der Waals surface area contributed by atoms with Gasteiger partial charge in [0.1, 0.15) is 5.75 Å². The van der Waals surface area contributed by atoms with Crippen molar-refractivity contribution in [2.24, 2.45) is 0 Å². The molecular weight excluding hydrogens is 198 g/mol. The summed E-state index contributed by atoms with van der Waals surface area (Å²) >= 11 is 0. The lowest BCUT2D eigenvalue weighted by atomic mass is 9.97. The second-order valence-corrected chi connectivity index (χ2v) is 4.31. The van der Waals surface area contributed by atoms with Crippen LogP contribution in [0.5, 0.6) is 5.75 Å². The molecule has 1 aromatic carbocycles. The van der Waals surface area contributed by atoms with Gasteiger partial charge in [0, 0.05) is 11.6 Å². The van der Waals surface area contributed by atoms with Crippen molar-refractivity contribution >= 4 is 0 Å². The minimum Gasteiger partial charge on any atom is -0.493 e. The number of ether oxygens (including phenoxy) is 1. The molecule has 0 saturated heterocycles. The molecule has 1 aliphatic heterocycles. The minimum absolute atomic E-state index is 0.429. The SMILES string of the molecule is CCNC(CC)c1cccc2c1OCCC2. The Kier molecular flexibility index (Phi) is 3.83. The van der Waals surface area contributed by atoms with Crippen molar-refractivity contribution in [2.45, 2.75) is 39.2 Å². The molecule has 0 aromatic heterocycles. The summed E-state index contributed by atoms with van der Waals surface area (Å²) in [5, 5.41) is 3.52. The van der Waals surface area contributed by atoms with Crippen LogP contribution in [0.1, 0.15) is 43.9 Å². The Morgan fingerprint density at radius 3 is 3.00 bits per heavy atom. The molecule has 1 N–H and O–H groups in total. The second-order valence-electron chi connectivity index (χ2n) is 4.31. The number of benzene rings is 1. The molecule has 0 fully saturated rings. The van der Waals surface area contributed by atoms with Gasteiger partial charge in [-0.3, -0.25) is 0 Å². The van der Waals surface area contributed by atoms with Gasteiger partial charge in [-0.1, -0.05) is 32.0 Å². The summed E-state index contributed by atoms with van der Waals surface area (Å²) in [5.74, 6) is 1.14. The van der Waals surface area contributed by atoms with E-state index in [4.69, 9.17) is 4.74 Å². The predicted molar refractivity (Wildman–Crippen MR) is 67.0 cm³/mol. The number of hydrogen-bond donors (Lipinski definition) is 1. The normalized spacial score (nSPS) is 16.4. The summed E-state index contributed by atoms with van der Waals surface area (Å²) in [6.45, 7) is 6.24. The van der Waals surface area contributed by atoms with Crippen LogP contribution in [0.25, 0.3) is 0 Å². The van der Waals surface area contributed by atoms with Gasteiger partial charge < -0.3 is 10.1 Å². The second kappa shape index (κ2) is 5.35. The van der Waals surface area contributed by atoms with Crippen molar-refractivity contribution in [3.05, 3.63) is 29.3 Å². The molecule has 0 spiro atoms. The van der Waals surface area contributed by atoms with Crippen molar-refractivity contribution in [1.29, 1.82) is 0 Å². The highest BCUT2D eigenvalue weighted by Crippen LogP contribution is 2.33. The third kappa shape index (κ3) is 2.22. The highest BCUT2D eigenvalue weighted by Gasteiger charge is 2.18. The lowest BCUT2D eigenvalue weighted by molar-refractivity contribution is 0.281. The van der Waals surface area contributed by atoms with E-state index < -0.39 is 0 Å². The fourth-order valence-corrected chi connectivity index (χ4v) is 2.41. The number of fused-ring (bicyclic) bond motifs is 1. The van der Waals surface area contributed by atoms with Gasteiger partial charge >= 0.3 is 0 Å². The molecule has 88 valence electrons. The fourth-order valence-electron chi connectivity index (χ4n) is 2.41. The number of aryl methyl sites for hydroxylation is 1. The van der Waals surface area contributed by atoms with Crippen molar-refractivity contribution in [1.82, 2.24) is 5.32 Å². The number of nitrogens with one attached hydrogen (secondary N) is 1. The maximum atomic E-state index is 5.84. The first-order valence-corrected chi connectivity index (χ1v) is 6.34. The molecule has 2 rings (SSSR count). The third-order valence-electron chi connectivity index (χ3n) is 3.20. The van der Waals surface area contributed by atoms with Crippen LogP contribution in [0, 0.1) is 0 Å². The Bertz CT molecular complexity index is 349. The molecule has 16 heavy (non-hydrogen) atoms. The zero-order valence-electron chi connectivity index (χ0n) is 10.3. The Morgan fingerprint density at radius 2 is 2.25 bits per heavy atom. The smallest absolute Gasteiger partial charge is 0.127 e. The van der Waals surface area contributed by atoms with Crippen LogP contribution in [0.3, 0.4) is 0 Å². The van der Waals surface area contributed by atoms with Gasteiger partial charge in [-0.15, -0.1) is 0 Å². The molecule has 0 aliphatic carbocycles. The minimum atomic E-state index is 0.429. The Balaban J connectivity index is 2.31.